The minimum Gasteiger partial charge on any atom is -0.469 e. The van der Waals surface area contributed by atoms with Crippen LogP contribution in [0.4, 0.5) is 0 Å². The summed E-state index contributed by atoms with van der Waals surface area (Å²) in [6.45, 7) is 12.9. The number of sulfone groups is 1. The van der Waals surface area contributed by atoms with Gasteiger partial charge in [0.1, 0.15) is 0 Å². The van der Waals surface area contributed by atoms with Gasteiger partial charge in [0.05, 0.1) is 28.9 Å². The van der Waals surface area contributed by atoms with Gasteiger partial charge < -0.3 is 9.16 Å². The van der Waals surface area contributed by atoms with Gasteiger partial charge in [-0.3, -0.25) is 4.79 Å². The summed E-state index contributed by atoms with van der Waals surface area (Å²) in [5.74, 6) is -0.438. The van der Waals surface area contributed by atoms with Crippen LogP contribution in [0.15, 0.2) is 45.7 Å². The van der Waals surface area contributed by atoms with Gasteiger partial charge in [-0.05, 0) is 74.4 Å². The molecule has 180 valence electrons. The van der Waals surface area contributed by atoms with Gasteiger partial charge in [-0.15, -0.1) is 0 Å². The van der Waals surface area contributed by atoms with Gasteiger partial charge in [-0.25, -0.2) is 8.42 Å². The van der Waals surface area contributed by atoms with Crippen LogP contribution in [0.2, 0.25) is 18.1 Å². The molecule has 0 aliphatic heterocycles. The molecule has 0 aromatic heterocycles. The summed E-state index contributed by atoms with van der Waals surface area (Å²) in [5, 5.41) is 0.0351. The highest BCUT2D eigenvalue weighted by Crippen LogP contribution is 2.42. The number of hydrogen-bond donors (Lipinski definition) is 0. The number of carbonyl (C=O) groups is 1. The molecule has 1 unspecified atom stereocenters. The van der Waals surface area contributed by atoms with Crippen molar-refractivity contribution in [3.63, 3.8) is 0 Å². The zero-order valence-corrected chi connectivity index (χ0v) is 22.6. The molecule has 2 atom stereocenters. The third-order valence-corrected chi connectivity index (χ3v) is 13.4. The molecule has 32 heavy (non-hydrogen) atoms. The number of ether oxygens (including phenoxy) is 1. The van der Waals surface area contributed by atoms with E-state index in [9.17, 15) is 13.2 Å². The molecule has 1 aromatic carbocycles. The number of benzene rings is 1. The van der Waals surface area contributed by atoms with E-state index < -0.39 is 18.2 Å². The van der Waals surface area contributed by atoms with Gasteiger partial charge in [0.25, 0.3) is 0 Å². The van der Waals surface area contributed by atoms with Gasteiger partial charge in [0.15, 0.2) is 8.32 Å². The quantitative estimate of drug-likeness (QED) is 0.308. The second-order valence-corrected chi connectivity index (χ2v) is 17.1. The Kier molecular flexibility index (Phi) is 8.93. The Morgan fingerprint density at radius 1 is 1.19 bits per heavy atom. The predicted molar refractivity (Wildman–Crippen MR) is 132 cm³/mol. The molecule has 2 rings (SSSR count). The van der Waals surface area contributed by atoms with Crippen LogP contribution < -0.4 is 0 Å². The van der Waals surface area contributed by atoms with Crippen LogP contribution in [-0.2, 0) is 23.8 Å². The summed E-state index contributed by atoms with van der Waals surface area (Å²) in [7, 11) is -4.27. The van der Waals surface area contributed by atoms with E-state index in [2.05, 4.69) is 33.9 Å². The van der Waals surface area contributed by atoms with E-state index in [1.54, 1.807) is 24.3 Å². The van der Waals surface area contributed by atoms with Gasteiger partial charge in [-0.1, -0.05) is 45.9 Å². The van der Waals surface area contributed by atoms with Crippen LogP contribution in [0.5, 0.6) is 0 Å². The van der Waals surface area contributed by atoms with Crippen LogP contribution in [-0.4, -0.2) is 35.9 Å². The Morgan fingerprint density at radius 2 is 1.81 bits per heavy atom. The van der Waals surface area contributed by atoms with Crippen molar-refractivity contribution >= 4 is 24.1 Å². The van der Waals surface area contributed by atoms with Crippen molar-refractivity contribution in [2.24, 2.45) is 5.92 Å². The van der Waals surface area contributed by atoms with Crippen molar-refractivity contribution in [2.75, 3.05) is 7.11 Å². The molecule has 0 spiro atoms. The molecular weight excluding hydrogens is 440 g/mol. The van der Waals surface area contributed by atoms with Crippen molar-refractivity contribution < 1.29 is 22.4 Å². The standard InChI is InChI=1S/C25H40O5SSi/c1-19(24(26)29-5)13-11-16-21-22(30-32(6,7)25(2,3)4)17-12-18-23(21)31(27,28)20-14-9-8-10-15-20/h8-10,14-15,19,22H,11-13,16-18H2,1-7H3/t19?,22-/m0/s1. The maximum atomic E-state index is 13.6. The summed E-state index contributed by atoms with van der Waals surface area (Å²) in [5.41, 5.74) is 0.905. The zero-order chi connectivity index (χ0) is 24.2. The molecule has 1 aliphatic rings. The third-order valence-electron chi connectivity index (χ3n) is 6.92. The Bertz CT molecular complexity index is 913. The van der Waals surface area contributed by atoms with E-state index in [1.807, 2.05) is 13.0 Å². The molecular formula is C25H40O5SSi. The molecule has 0 radical (unpaired) electrons. The molecule has 0 bridgehead atoms. The first-order valence-electron chi connectivity index (χ1n) is 11.6. The maximum absolute atomic E-state index is 13.6. The fourth-order valence-corrected chi connectivity index (χ4v) is 7.01. The normalized spacial score (nSPS) is 19.0. The molecule has 0 N–H and O–H groups in total. The van der Waals surface area contributed by atoms with Crippen LogP contribution in [0, 0.1) is 5.92 Å². The van der Waals surface area contributed by atoms with Crippen molar-refractivity contribution in [1.82, 2.24) is 0 Å². The highest BCUT2D eigenvalue weighted by Gasteiger charge is 2.41. The number of rotatable bonds is 9. The van der Waals surface area contributed by atoms with Crippen LogP contribution >= 0.6 is 0 Å². The van der Waals surface area contributed by atoms with Crippen LogP contribution in [0.3, 0.4) is 0 Å². The summed E-state index contributed by atoms with van der Waals surface area (Å²) >= 11 is 0. The minimum absolute atomic E-state index is 0.0351. The Labute approximate surface area is 195 Å². The SMILES string of the molecule is COC(=O)C(C)CCCC1=C(S(=O)(=O)c2ccccc2)CCC[C@@H]1O[Si](C)(C)C(C)(C)C. The first-order chi connectivity index (χ1) is 14.8. The average molecular weight is 481 g/mol. The average Bonchev–Trinajstić information content (AvgIpc) is 2.73. The smallest absolute Gasteiger partial charge is 0.308 e. The Hall–Kier alpha value is -1.44. The fraction of sp³-hybridized carbons (Fsp3) is 0.640. The highest BCUT2D eigenvalue weighted by atomic mass is 32.2. The summed E-state index contributed by atoms with van der Waals surface area (Å²) in [6.07, 6.45) is 3.97. The second-order valence-electron chi connectivity index (χ2n) is 10.3. The van der Waals surface area contributed by atoms with Crippen LogP contribution in [0.25, 0.3) is 0 Å². The topological polar surface area (TPSA) is 69.7 Å². The predicted octanol–water partition coefficient (Wildman–Crippen LogP) is 6.27. The monoisotopic (exact) mass is 480 g/mol. The summed E-state index contributed by atoms with van der Waals surface area (Å²) in [4.78, 5) is 12.7. The maximum Gasteiger partial charge on any atom is 0.308 e. The minimum atomic E-state index is -3.58. The fourth-order valence-electron chi connectivity index (χ4n) is 3.89. The van der Waals surface area contributed by atoms with E-state index in [1.165, 1.54) is 7.11 Å². The van der Waals surface area contributed by atoms with E-state index >= 15 is 0 Å². The molecule has 7 heteroatoms. The molecule has 0 fully saturated rings. The highest BCUT2D eigenvalue weighted by molar-refractivity contribution is 7.95. The van der Waals surface area contributed by atoms with E-state index in [0.717, 1.165) is 24.8 Å². The number of esters is 1. The first-order valence-corrected chi connectivity index (χ1v) is 16.0. The third kappa shape index (κ3) is 6.32. The molecule has 0 saturated carbocycles. The lowest BCUT2D eigenvalue weighted by Crippen LogP contribution is -2.45. The molecule has 1 aliphatic carbocycles. The van der Waals surface area contributed by atoms with Crippen molar-refractivity contribution in [3.05, 3.63) is 40.8 Å². The van der Waals surface area contributed by atoms with Crippen molar-refractivity contribution in [1.29, 1.82) is 0 Å². The lowest BCUT2D eigenvalue weighted by atomic mass is 9.91. The van der Waals surface area contributed by atoms with Crippen LogP contribution in [0.1, 0.15) is 66.2 Å². The summed E-state index contributed by atoms with van der Waals surface area (Å²) in [6, 6.07) is 8.68. The number of methoxy groups -OCH3 is 1. The first kappa shape index (κ1) is 26.8. The second kappa shape index (κ2) is 10.7. The molecule has 0 heterocycles. The largest absolute Gasteiger partial charge is 0.469 e. The van der Waals surface area contributed by atoms with Crippen molar-refractivity contribution in [3.8, 4) is 0 Å². The van der Waals surface area contributed by atoms with Gasteiger partial charge in [0, 0.05) is 0 Å². The number of carbonyl (C=O) groups excluding carboxylic acids is 1. The lowest BCUT2D eigenvalue weighted by molar-refractivity contribution is -0.145. The lowest BCUT2D eigenvalue weighted by Gasteiger charge is -2.41. The molecule has 0 amide bonds. The van der Waals surface area contributed by atoms with Gasteiger partial charge in [0.2, 0.25) is 9.84 Å². The molecule has 5 nitrogen and oxygen atoms in total. The number of hydrogen-bond acceptors (Lipinski definition) is 5. The van der Waals surface area contributed by atoms with Gasteiger partial charge in [-0.2, -0.15) is 0 Å². The van der Waals surface area contributed by atoms with E-state index in [4.69, 9.17) is 9.16 Å². The summed E-state index contributed by atoms with van der Waals surface area (Å²) < 4.78 is 38.8. The van der Waals surface area contributed by atoms with E-state index in [0.29, 0.717) is 29.1 Å². The van der Waals surface area contributed by atoms with Crippen molar-refractivity contribution in [2.45, 2.75) is 95.4 Å². The number of allylic oxidation sites excluding steroid dienone is 1. The van der Waals surface area contributed by atoms with Gasteiger partial charge >= 0.3 is 5.97 Å². The molecule has 0 saturated heterocycles. The Balaban J connectivity index is 2.43. The van der Waals surface area contributed by atoms with E-state index in [-0.39, 0.29) is 23.0 Å². The molecule has 1 aromatic rings. The Morgan fingerprint density at radius 3 is 2.38 bits per heavy atom. The zero-order valence-electron chi connectivity index (χ0n) is 20.7.